The topological polar surface area (TPSA) is 58.4 Å². The van der Waals surface area contributed by atoms with Crippen molar-refractivity contribution < 1.29 is 9.32 Å². The van der Waals surface area contributed by atoms with Gasteiger partial charge in [0.2, 0.25) is 5.91 Å². The lowest BCUT2D eigenvalue weighted by molar-refractivity contribution is -0.133. The van der Waals surface area contributed by atoms with E-state index in [1.54, 1.807) is 0 Å². The van der Waals surface area contributed by atoms with Gasteiger partial charge < -0.3 is 14.7 Å². The Kier molecular flexibility index (Phi) is 3.71. The molecule has 1 fully saturated rings. The van der Waals surface area contributed by atoms with Crippen LogP contribution in [0.3, 0.4) is 0 Å². The summed E-state index contributed by atoms with van der Waals surface area (Å²) >= 11 is 0. The highest BCUT2D eigenvalue weighted by molar-refractivity contribution is 5.84. The SMILES string of the molecule is Cc1noc(C)c1[C@@H](C)C(=O)N1CCN[C@H](C)C1. The molecule has 2 atom stereocenters. The van der Waals surface area contributed by atoms with Gasteiger partial charge in [-0.05, 0) is 27.7 Å². The summed E-state index contributed by atoms with van der Waals surface area (Å²) in [5, 5.41) is 7.26. The average Bonchev–Trinajstić information content (AvgIpc) is 2.67. The second kappa shape index (κ2) is 5.10. The molecule has 2 heterocycles. The van der Waals surface area contributed by atoms with Gasteiger partial charge in [0.15, 0.2) is 0 Å². The van der Waals surface area contributed by atoms with Crippen molar-refractivity contribution in [1.82, 2.24) is 15.4 Å². The number of piperazine rings is 1. The van der Waals surface area contributed by atoms with Gasteiger partial charge in [-0.25, -0.2) is 0 Å². The smallest absolute Gasteiger partial charge is 0.230 e. The van der Waals surface area contributed by atoms with Crippen LogP contribution in [0.25, 0.3) is 0 Å². The van der Waals surface area contributed by atoms with Crippen LogP contribution >= 0.6 is 0 Å². The Morgan fingerprint density at radius 3 is 2.83 bits per heavy atom. The van der Waals surface area contributed by atoms with Crippen LogP contribution in [0.5, 0.6) is 0 Å². The van der Waals surface area contributed by atoms with Gasteiger partial charge in [-0.2, -0.15) is 0 Å². The predicted molar refractivity (Wildman–Crippen MR) is 68.4 cm³/mol. The van der Waals surface area contributed by atoms with Crippen LogP contribution in [0.15, 0.2) is 4.52 Å². The fraction of sp³-hybridized carbons (Fsp3) is 0.692. The molecular weight excluding hydrogens is 230 g/mol. The van der Waals surface area contributed by atoms with E-state index in [2.05, 4.69) is 17.4 Å². The van der Waals surface area contributed by atoms with Gasteiger partial charge in [0, 0.05) is 31.2 Å². The Morgan fingerprint density at radius 2 is 2.28 bits per heavy atom. The molecule has 0 bridgehead atoms. The maximum Gasteiger partial charge on any atom is 0.230 e. The van der Waals surface area contributed by atoms with E-state index in [9.17, 15) is 4.79 Å². The highest BCUT2D eigenvalue weighted by Crippen LogP contribution is 2.25. The summed E-state index contributed by atoms with van der Waals surface area (Å²) in [6.45, 7) is 10.2. The normalized spacial score (nSPS) is 22.0. The first-order valence-corrected chi connectivity index (χ1v) is 6.45. The number of aryl methyl sites for hydroxylation is 2. The molecule has 0 aliphatic carbocycles. The third kappa shape index (κ3) is 2.41. The molecule has 5 nitrogen and oxygen atoms in total. The van der Waals surface area contributed by atoms with Crippen LogP contribution < -0.4 is 5.32 Å². The minimum absolute atomic E-state index is 0.165. The molecule has 1 aromatic heterocycles. The fourth-order valence-electron chi connectivity index (χ4n) is 2.64. The molecule has 1 aromatic rings. The van der Waals surface area contributed by atoms with Gasteiger partial charge in [0.05, 0.1) is 11.6 Å². The highest BCUT2D eigenvalue weighted by Gasteiger charge is 2.29. The highest BCUT2D eigenvalue weighted by atomic mass is 16.5. The summed E-state index contributed by atoms with van der Waals surface area (Å²) in [6, 6.07) is 0.361. The van der Waals surface area contributed by atoms with E-state index in [4.69, 9.17) is 4.52 Å². The van der Waals surface area contributed by atoms with E-state index >= 15 is 0 Å². The molecule has 2 rings (SSSR count). The minimum atomic E-state index is -0.179. The summed E-state index contributed by atoms with van der Waals surface area (Å²) in [4.78, 5) is 14.4. The molecule has 0 unspecified atom stereocenters. The van der Waals surface area contributed by atoms with Crippen molar-refractivity contribution >= 4 is 5.91 Å². The lowest BCUT2D eigenvalue weighted by Gasteiger charge is -2.33. The summed E-state index contributed by atoms with van der Waals surface area (Å²) in [7, 11) is 0. The third-order valence-electron chi connectivity index (χ3n) is 3.57. The zero-order valence-electron chi connectivity index (χ0n) is 11.5. The Hall–Kier alpha value is -1.36. The molecule has 1 amide bonds. The van der Waals surface area contributed by atoms with E-state index < -0.39 is 0 Å². The summed E-state index contributed by atoms with van der Waals surface area (Å²) in [6.07, 6.45) is 0. The van der Waals surface area contributed by atoms with Gasteiger partial charge in [-0.15, -0.1) is 0 Å². The van der Waals surface area contributed by atoms with E-state index in [-0.39, 0.29) is 11.8 Å². The second-order valence-corrected chi connectivity index (χ2v) is 5.10. The Bertz CT molecular complexity index is 422. The molecule has 0 spiro atoms. The van der Waals surface area contributed by atoms with Crippen molar-refractivity contribution in [3.05, 3.63) is 17.0 Å². The minimum Gasteiger partial charge on any atom is -0.361 e. The first kappa shape index (κ1) is 13.1. The molecule has 1 saturated heterocycles. The van der Waals surface area contributed by atoms with E-state index in [0.29, 0.717) is 6.04 Å². The van der Waals surface area contributed by atoms with Crippen molar-refractivity contribution in [3.63, 3.8) is 0 Å². The number of carbonyl (C=O) groups excluding carboxylic acids is 1. The second-order valence-electron chi connectivity index (χ2n) is 5.10. The van der Waals surface area contributed by atoms with Crippen molar-refractivity contribution in [2.24, 2.45) is 0 Å². The molecular formula is C13H21N3O2. The Labute approximate surface area is 108 Å². The van der Waals surface area contributed by atoms with Crippen molar-refractivity contribution in [1.29, 1.82) is 0 Å². The lowest BCUT2D eigenvalue weighted by atomic mass is 9.97. The number of aromatic nitrogens is 1. The molecule has 5 heteroatoms. The summed E-state index contributed by atoms with van der Waals surface area (Å²) in [5.41, 5.74) is 1.75. The molecule has 0 saturated carbocycles. The maximum absolute atomic E-state index is 12.5. The van der Waals surface area contributed by atoms with Gasteiger partial charge in [0.25, 0.3) is 0 Å². The summed E-state index contributed by atoms with van der Waals surface area (Å²) in [5.74, 6) is 0.732. The van der Waals surface area contributed by atoms with Crippen LogP contribution in [0, 0.1) is 13.8 Å². The predicted octanol–water partition coefficient (Wildman–Crippen LogP) is 1.22. The maximum atomic E-state index is 12.5. The molecule has 1 N–H and O–H groups in total. The number of nitrogens with one attached hydrogen (secondary N) is 1. The van der Waals surface area contributed by atoms with E-state index in [1.165, 1.54) is 0 Å². The number of nitrogens with zero attached hydrogens (tertiary/aromatic N) is 2. The Morgan fingerprint density at radius 1 is 1.56 bits per heavy atom. The molecule has 100 valence electrons. The lowest BCUT2D eigenvalue weighted by Crippen LogP contribution is -2.52. The number of carbonyl (C=O) groups is 1. The quantitative estimate of drug-likeness (QED) is 0.858. The van der Waals surface area contributed by atoms with Gasteiger partial charge in [-0.3, -0.25) is 4.79 Å². The largest absolute Gasteiger partial charge is 0.361 e. The molecule has 1 aliphatic rings. The average molecular weight is 251 g/mol. The Balaban J connectivity index is 2.13. The van der Waals surface area contributed by atoms with Gasteiger partial charge in [-0.1, -0.05) is 5.16 Å². The van der Waals surface area contributed by atoms with Crippen LogP contribution in [-0.4, -0.2) is 41.6 Å². The third-order valence-corrected chi connectivity index (χ3v) is 3.57. The zero-order chi connectivity index (χ0) is 13.3. The van der Waals surface area contributed by atoms with Crippen molar-refractivity contribution in [2.45, 2.75) is 39.7 Å². The fourth-order valence-corrected chi connectivity index (χ4v) is 2.64. The van der Waals surface area contributed by atoms with E-state index in [1.807, 2.05) is 25.7 Å². The van der Waals surface area contributed by atoms with Crippen LogP contribution in [0.2, 0.25) is 0 Å². The van der Waals surface area contributed by atoms with Crippen molar-refractivity contribution in [2.75, 3.05) is 19.6 Å². The zero-order valence-corrected chi connectivity index (χ0v) is 11.5. The molecule has 0 aromatic carbocycles. The standard InChI is InChI=1S/C13H21N3O2/c1-8-7-16(6-5-14-8)13(17)9(2)12-10(3)15-18-11(12)4/h8-9,14H,5-7H2,1-4H3/t8-,9-/m1/s1. The monoisotopic (exact) mass is 251 g/mol. The van der Waals surface area contributed by atoms with Crippen LogP contribution in [-0.2, 0) is 4.79 Å². The van der Waals surface area contributed by atoms with Crippen LogP contribution in [0.4, 0.5) is 0 Å². The van der Waals surface area contributed by atoms with Gasteiger partial charge in [0.1, 0.15) is 5.76 Å². The molecule has 18 heavy (non-hydrogen) atoms. The first-order valence-electron chi connectivity index (χ1n) is 6.45. The van der Waals surface area contributed by atoms with Crippen LogP contribution in [0.1, 0.15) is 36.8 Å². The molecule has 0 radical (unpaired) electrons. The molecule has 1 aliphatic heterocycles. The van der Waals surface area contributed by atoms with E-state index in [0.717, 1.165) is 36.7 Å². The van der Waals surface area contributed by atoms with Crippen molar-refractivity contribution in [3.8, 4) is 0 Å². The van der Waals surface area contributed by atoms with Gasteiger partial charge >= 0.3 is 0 Å². The first-order chi connectivity index (χ1) is 8.50. The summed E-state index contributed by atoms with van der Waals surface area (Å²) < 4.78 is 5.14. The number of hydrogen-bond acceptors (Lipinski definition) is 4. The number of rotatable bonds is 2. The number of amides is 1. The number of hydrogen-bond donors (Lipinski definition) is 1.